The van der Waals surface area contributed by atoms with Gasteiger partial charge in [-0.2, -0.15) is 0 Å². The third-order valence-corrected chi connectivity index (χ3v) is 2.18. The van der Waals surface area contributed by atoms with E-state index in [4.69, 9.17) is 4.74 Å². The molecule has 0 N–H and O–H groups in total. The van der Waals surface area contributed by atoms with Crippen molar-refractivity contribution >= 4 is 5.97 Å². The van der Waals surface area contributed by atoms with E-state index < -0.39 is 0 Å². The largest absolute Gasteiger partial charge is 0.466 e. The number of carbonyl (C=O) groups excluding carboxylic acids is 1. The van der Waals surface area contributed by atoms with Crippen LogP contribution < -0.4 is 0 Å². The van der Waals surface area contributed by atoms with Gasteiger partial charge in [-0.25, -0.2) is 0 Å². The molecule has 0 saturated carbocycles. The fourth-order valence-corrected chi connectivity index (χ4v) is 1.57. The Hall–Kier alpha value is -0.790. The first-order valence-electron chi connectivity index (χ1n) is 4.48. The maximum atomic E-state index is 10.9. The van der Waals surface area contributed by atoms with Crippen LogP contribution >= 0.6 is 0 Å². The van der Waals surface area contributed by atoms with E-state index in [1.807, 2.05) is 6.92 Å². The Kier molecular flexibility index (Phi) is 3.32. The summed E-state index contributed by atoms with van der Waals surface area (Å²) in [5.41, 5.74) is 1.20. The van der Waals surface area contributed by atoms with Gasteiger partial charge in [0.2, 0.25) is 0 Å². The number of hydrogen-bond acceptors (Lipinski definition) is 2. The van der Waals surface area contributed by atoms with Crippen LogP contribution in [0.4, 0.5) is 0 Å². The van der Waals surface area contributed by atoms with Gasteiger partial charge in [0.25, 0.3) is 0 Å². The van der Waals surface area contributed by atoms with Crippen molar-refractivity contribution in [3.8, 4) is 0 Å². The first kappa shape index (κ1) is 9.30. The zero-order chi connectivity index (χ0) is 8.97. The van der Waals surface area contributed by atoms with Crippen LogP contribution in [-0.2, 0) is 9.53 Å². The molecule has 1 rings (SSSR count). The summed E-state index contributed by atoms with van der Waals surface area (Å²) in [5, 5.41) is 0. The lowest BCUT2D eigenvalue weighted by atomic mass is 9.94. The van der Waals surface area contributed by atoms with Crippen LogP contribution in [0, 0.1) is 5.92 Å². The Labute approximate surface area is 73.6 Å². The smallest absolute Gasteiger partial charge is 0.305 e. The first-order valence-corrected chi connectivity index (χ1v) is 4.48. The zero-order valence-electron chi connectivity index (χ0n) is 7.64. The van der Waals surface area contributed by atoms with Gasteiger partial charge in [0.05, 0.1) is 6.61 Å². The van der Waals surface area contributed by atoms with Crippen molar-refractivity contribution in [2.45, 2.75) is 32.6 Å². The van der Waals surface area contributed by atoms with Crippen LogP contribution in [0.5, 0.6) is 0 Å². The van der Waals surface area contributed by atoms with E-state index in [1.165, 1.54) is 5.57 Å². The van der Waals surface area contributed by atoms with Crippen LogP contribution in [-0.4, -0.2) is 12.6 Å². The summed E-state index contributed by atoms with van der Waals surface area (Å²) in [6.45, 7) is 6.50. The highest BCUT2D eigenvalue weighted by atomic mass is 16.5. The van der Waals surface area contributed by atoms with Crippen LogP contribution in [0.15, 0.2) is 12.2 Å². The highest BCUT2D eigenvalue weighted by Crippen LogP contribution is 2.22. The molecule has 1 aliphatic heterocycles. The molecular formula is C10H16O2. The van der Waals surface area contributed by atoms with Gasteiger partial charge >= 0.3 is 5.97 Å². The predicted octanol–water partition coefficient (Wildman–Crippen LogP) is 2.30. The molecular weight excluding hydrogens is 152 g/mol. The van der Waals surface area contributed by atoms with Gasteiger partial charge in [-0.1, -0.05) is 5.57 Å². The lowest BCUT2D eigenvalue weighted by molar-refractivity contribution is -0.142. The Balaban J connectivity index is 2.35. The third kappa shape index (κ3) is 3.07. The molecule has 68 valence electrons. The van der Waals surface area contributed by atoms with Crippen LogP contribution in [0.2, 0.25) is 0 Å². The zero-order valence-corrected chi connectivity index (χ0v) is 7.64. The summed E-state index contributed by atoms with van der Waals surface area (Å²) >= 11 is 0. The Morgan fingerprint density at radius 1 is 1.67 bits per heavy atom. The summed E-state index contributed by atoms with van der Waals surface area (Å²) in [6, 6.07) is 0. The number of esters is 1. The van der Waals surface area contributed by atoms with Crippen molar-refractivity contribution in [1.82, 2.24) is 0 Å². The van der Waals surface area contributed by atoms with E-state index >= 15 is 0 Å². The van der Waals surface area contributed by atoms with E-state index in [2.05, 4.69) is 6.58 Å². The molecule has 0 aliphatic carbocycles. The molecule has 0 spiro atoms. The van der Waals surface area contributed by atoms with E-state index in [9.17, 15) is 4.79 Å². The molecule has 2 heteroatoms. The average Bonchev–Trinajstić information content (AvgIpc) is 2.15. The van der Waals surface area contributed by atoms with Gasteiger partial charge in [-0.15, -0.1) is 6.58 Å². The molecule has 0 aromatic heterocycles. The summed E-state index contributed by atoms with van der Waals surface area (Å²) in [5.74, 6) is 0.563. The van der Waals surface area contributed by atoms with Gasteiger partial charge in [0, 0.05) is 6.42 Å². The van der Waals surface area contributed by atoms with Crippen molar-refractivity contribution in [3.05, 3.63) is 12.2 Å². The molecule has 0 aromatic carbocycles. The summed E-state index contributed by atoms with van der Waals surface area (Å²) < 4.78 is 4.95. The molecule has 0 aromatic rings. The third-order valence-electron chi connectivity index (χ3n) is 2.18. The molecule has 0 amide bonds. The minimum atomic E-state index is -0.0424. The van der Waals surface area contributed by atoms with Crippen molar-refractivity contribution < 1.29 is 9.53 Å². The molecule has 1 heterocycles. The van der Waals surface area contributed by atoms with Crippen molar-refractivity contribution in [1.29, 1.82) is 0 Å². The Bertz CT molecular complexity index is 184. The standard InChI is InChI=1S/C10H16O2/c1-8(2)7-9-3-4-10(11)12-6-5-9/h9H,1,3-7H2,2H3. The molecule has 1 aliphatic rings. The second-order valence-corrected chi connectivity index (χ2v) is 3.58. The molecule has 1 atom stereocenters. The fourth-order valence-electron chi connectivity index (χ4n) is 1.57. The van der Waals surface area contributed by atoms with Crippen LogP contribution in [0.3, 0.4) is 0 Å². The quantitative estimate of drug-likeness (QED) is 0.467. The number of rotatable bonds is 2. The van der Waals surface area contributed by atoms with E-state index in [-0.39, 0.29) is 5.97 Å². The van der Waals surface area contributed by atoms with E-state index in [1.54, 1.807) is 0 Å². The number of hydrogen-bond donors (Lipinski definition) is 0. The van der Waals surface area contributed by atoms with E-state index in [0.717, 1.165) is 19.3 Å². The lowest BCUT2D eigenvalue weighted by Crippen LogP contribution is -2.01. The summed E-state index contributed by atoms with van der Waals surface area (Å²) in [6.07, 6.45) is 3.58. The van der Waals surface area contributed by atoms with Crippen molar-refractivity contribution in [2.24, 2.45) is 5.92 Å². The van der Waals surface area contributed by atoms with Gasteiger partial charge in [0.15, 0.2) is 0 Å². The molecule has 0 bridgehead atoms. The van der Waals surface area contributed by atoms with Gasteiger partial charge in [-0.05, 0) is 32.1 Å². The SMILES string of the molecule is C=C(C)CC1CCOC(=O)CC1. The normalized spacial score (nSPS) is 24.4. The molecule has 2 nitrogen and oxygen atoms in total. The Morgan fingerprint density at radius 2 is 2.42 bits per heavy atom. The number of carbonyl (C=O) groups is 1. The second kappa shape index (κ2) is 4.29. The number of cyclic esters (lactones) is 1. The van der Waals surface area contributed by atoms with Crippen LogP contribution in [0.25, 0.3) is 0 Å². The summed E-state index contributed by atoms with van der Waals surface area (Å²) in [4.78, 5) is 10.9. The van der Waals surface area contributed by atoms with Crippen molar-refractivity contribution in [3.63, 3.8) is 0 Å². The molecule has 1 fully saturated rings. The second-order valence-electron chi connectivity index (χ2n) is 3.58. The molecule has 1 saturated heterocycles. The van der Waals surface area contributed by atoms with Gasteiger partial charge in [0.1, 0.15) is 0 Å². The van der Waals surface area contributed by atoms with E-state index in [0.29, 0.717) is 18.9 Å². The monoisotopic (exact) mass is 168 g/mol. The topological polar surface area (TPSA) is 26.3 Å². The average molecular weight is 168 g/mol. The van der Waals surface area contributed by atoms with Crippen molar-refractivity contribution in [2.75, 3.05) is 6.61 Å². The highest BCUT2D eigenvalue weighted by molar-refractivity contribution is 5.69. The summed E-state index contributed by atoms with van der Waals surface area (Å²) in [7, 11) is 0. The maximum Gasteiger partial charge on any atom is 0.305 e. The fraction of sp³-hybridized carbons (Fsp3) is 0.700. The number of ether oxygens (including phenoxy) is 1. The number of allylic oxidation sites excluding steroid dienone is 1. The molecule has 12 heavy (non-hydrogen) atoms. The Morgan fingerprint density at radius 3 is 3.08 bits per heavy atom. The minimum absolute atomic E-state index is 0.0424. The maximum absolute atomic E-state index is 10.9. The molecule has 0 radical (unpaired) electrons. The highest BCUT2D eigenvalue weighted by Gasteiger charge is 2.16. The lowest BCUT2D eigenvalue weighted by Gasteiger charge is -2.11. The van der Waals surface area contributed by atoms with Crippen LogP contribution in [0.1, 0.15) is 32.6 Å². The predicted molar refractivity (Wildman–Crippen MR) is 47.7 cm³/mol. The first-order chi connectivity index (χ1) is 5.68. The minimum Gasteiger partial charge on any atom is -0.466 e. The van der Waals surface area contributed by atoms with Gasteiger partial charge in [-0.3, -0.25) is 4.79 Å². The molecule has 1 unspecified atom stereocenters. The van der Waals surface area contributed by atoms with Gasteiger partial charge < -0.3 is 4.74 Å².